The highest BCUT2D eigenvalue weighted by Crippen LogP contribution is 2.32. The van der Waals surface area contributed by atoms with Crippen molar-refractivity contribution in [1.82, 2.24) is 0 Å². The largest absolute Gasteiger partial charge is 0.303 e. The standard InChI is InChI=1S/C13H20O/c1-9(2)5-12-6-10(3)11(4)7-13(12)8-14/h5-6,8,11-13H,7H2,1-4H3/t11-,12+,13+/m1/s1. The van der Waals surface area contributed by atoms with Crippen LogP contribution >= 0.6 is 0 Å². The van der Waals surface area contributed by atoms with E-state index in [0.29, 0.717) is 11.8 Å². The van der Waals surface area contributed by atoms with Crippen molar-refractivity contribution in [2.75, 3.05) is 0 Å². The van der Waals surface area contributed by atoms with Gasteiger partial charge in [0, 0.05) is 11.8 Å². The topological polar surface area (TPSA) is 17.1 Å². The van der Waals surface area contributed by atoms with Gasteiger partial charge in [-0.15, -0.1) is 0 Å². The Morgan fingerprint density at radius 1 is 1.50 bits per heavy atom. The number of allylic oxidation sites excluding steroid dienone is 4. The van der Waals surface area contributed by atoms with Gasteiger partial charge in [0.05, 0.1) is 0 Å². The zero-order valence-corrected chi connectivity index (χ0v) is 9.58. The van der Waals surface area contributed by atoms with Crippen molar-refractivity contribution in [1.29, 1.82) is 0 Å². The molecule has 0 aromatic rings. The Hall–Kier alpha value is -0.850. The van der Waals surface area contributed by atoms with Crippen molar-refractivity contribution in [3.63, 3.8) is 0 Å². The molecule has 0 saturated carbocycles. The van der Waals surface area contributed by atoms with Crippen LogP contribution in [-0.2, 0) is 4.79 Å². The lowest BCUT2D eigenvalue weighted by Gasteiger charge is -2.28. The van der Waals surface area contributed by atoms with Crippen LogP contribution < -0.4 is 0 Å². The molecule has 0 fully saturated rings. The van der Waals surface area contributed by atoms with E-state index in [9.17, 15) is 4.79 Å². The van der Waals surface area contributed by atoms with Crippen molar-refractivity contribution < 1.29 is 4.79 Å². The molecule has 14 heavy (non-hydrogen) atoms. The fourth-order valence-corrected chi connectivity index (χ4v) is 2.05. The second kappa shape index (κ2) is 4.59. The molecule has 1 heteroatoms. The smallest absolute Gasteiger partial charge is 0.123 e. The fraction of sp³-hybridized carbons (Fsp3) is 0.615. The third-order valence-electron chi connectivity index (χ3n) is 3.05. The van der Waals surface area contributed by atoms with E-state index in [1.54, 1.807) is 0 Å². The van der Waals surface area contributed by atoms with Crippen LogP contribution in [0.4, 0.5) is 0 Å². The van der Waals surface area contributed by atoms with Gasteiger partial charge < -0.3 is 4.79 Å². The van der Waals surface area contributed by atoms with Crippen LogP contribution in [0.25, 0.3) is 0 Å². The molecule has 1 aliphatic carbocycles. The minimum Gasteiger partial charge on any atom is -0.303 e. The van der Waals surface area contributed by atoms with Gasteiger partial charge in [-0.25, -0.2) is 0 Å². The van der Waals surface area contributed by atoms with Crippen molar-refractivity contribution in [2.45, 2.75) is 34.1 Å². The molecule has 0 amide bonds. The maximum atomic E-state index is 10.9. The van der Waals surface area contributed by atoms with Gasteiger partial charge in [-0.05, 0) is 33.1 Å². The molecule has 0 spiro atoms. The van der Waals surface area contributed by atoms with Crippen molar-refractivity contribution in [3.8, 4) is 0 Å². The monoisotopic (exact) mass is 192 g/mol. The highest BCUT2D eigenvalue weighted by atomic mass is 16.1. The summed E-state index contributed by atoms with van der Waals surface area (Å²) in [6, 6.07) is 0. The lowest BCUT2D eigenvalue weighted by Crippen LogP contribution is -2.22. The van der Waals surface area contributed by atoms with E-state index in [-0.39, 0.29) is 5.92 Å². The Labute approximate surface area is 86.9 Å². The molecule has 78 valence electrons. The Morgan fingerprint density at radius 3 is 2.64 bits per heavy atom. The van der Waals surface area contributed by atoms with Crippen LogP contribution in [0.2, 0.25) is 0 Å². The van der Waals surface area contributed by atoms with E-state index < -0.39 is 0 Å². The fourth-order valence-electron chi connectivity index (χ4n) is 2.05. The van der Waals surface area contributed by atoms with Crippen LogP contribution in [0.3, 0.4) is 0 Å². The first kappa shape index (κ1) is 11.2. The predicted molar refractivity (Wildman–Crippen MR) is 60.0 cm³/mol. The summed E-state index contributed by atoms with van der Waals surface area (Å²) in [7, 11) is 0. The van der Waals surface area contributed by atoms with E-state index in [1.165, 1.54) is 11.1 Å². The lowest BCUT2D eigenvalue weighted by molar-refractivity contribution is -0.112. The van der Waals surface area contributed by atoms with E-state index in [1.807, 2.05) is 0 Å². The maximum Gasteiger partial charge on any atom is 0.123 e. The lowest BCUT2D eigenvalue weighted by atomic mass is 9.76. The van der Waals surface area contributed by atoms with E-state index in [0.717, 1.165) is 12.7 Å². The molecular weight excluding hydrogens is 172 g/mol. The van der Waals surface area contributed by atoms with Gasteiger partial charge in [0.1, 0.15) is 6.29 Å². The summed E-state index contributed by atoms with van der Waals surface area (Å²) in [5.41, 5.74) is 2.71. The third-order valence-corrected chi connectivity index (χ3v) is 3.05. The summed E-state index contributed by atoms with van der Waals surface area (Å²) >= 11 is 0. The molecule has 0 N–H and O–H groups in total. The van der Waals surface area contributed by atoms with Gasteiger partial charge >= 0.3 is 0 Å². The number of rotatable bonds is 2. The van der Waals surface area contributed by atoms with Crippen LogP contribution in [0.5, 0.6) is 0 Å². The SMILES string of the molecule is CC(C)=C[C@H]1C=C(C)[C@H](C)C[C@H]1C=O. The molecule has 0 aromatic heterocycles. The van der Waals surface area contributed by atoms with Gasteiger partial charge in [0.2, 0.25) is 0 Å². The van der Waals surface area contributed by atoms with Crippen LogP contribution in [0, 0.1) is 17.8 Å². The normalized spacial score (nSPS) is 32.0. The molecule has 0 unspecified atom stereocenters. The molecule has 1 nitrogen and oxygen atoms in total. The predicted octanol–water partition coefficient (Wildman–Crippen LogP) is 3.37. The number of aldehydes is 1. The molecule has 0 aliphatic heterocycles. The minimum atomic E-state index is 0.184. The van der Waals surface area contributed by atoms with Crippen molar-refractivity contribution in [2.24, 2.45) is 17.8 Å². The Balaban J connectivity index is 2.90. The van der Waals surface area contributed by atoms with Gasteiger partial charge in [-0.1, -0.05) is 30.2 Å². The van der Waals surface area contributed by atoms with Gasteiger partial charge in [-0.3, -0.25) is 0 Å². The Morgan fingerprint density at radius 2 is 2.14 bits per heavy atom. The summed E-state index contributed by atoms with van der Waals surface area (Å²) < 4.78 is 0. The van der Waals surface area contributed by atoms with Crippen LogP contribution in [0.15, 0.2) is 23.3 Å². The number of hydrogen-bond acceptors (Lipinski definition) is 1. The summed E-state index contributed by atoms with van der Waals surface area (Å²) in [5, 5.41) is 0. The number of hydrogen-bond donors (Lipinski definition) is 0. The molecule has 1 rings (SSSR count). The number of carbonyl (C=O) groups excluding carboxylic acids is 1. The molecular formula is C13H20O. The van der Waals surface area contributed by atoms with E-state index in [2.05, 4.69) is 39.8 Å². The van der Waals surface area contributed by atoms with Crippen LogP contribution in [0.1, 0.15) is 34.1 Å². The summed E-state index contributed by atoms with van der Waals surface area (Å²) in [6.45, 7) is 8.53. The first-order valence-corrected chi connectivity index (χ1v) is 5.33. The summed E-state index contributed by atoms with van der Waals surface area (Å²) in [4.78, 5) is 10.9. The highest BCUT2D eigenvalue weighted by molar-refractivity contribution is 5.56. The zero-order chi connectivity index (χ0) is 10.7. The molecule has 0 bridgehead atoms. The summed E-state index contributed by atoms with van der Waals surface area (Å²) in [5.74, 6) is 1.07. The number of carbonyl (C=O) groups is 1. The van der Waals surface area contributed by atoms with Gasteiger partial charge in [0.15, 0.2) is 0 Å². The maximum absolute atomic E-state index is 10.9. The zero-order valence-electron chi connectivity index (χ0n) is 9.58. The average Bonchev–Trinajstić information content (AvgIpc) is 2.10. The average molecular weight is 192 g/mol. The van der Waals surface area contributed by atoms with Crippen molar-refractivity contribution in [3.05, 3.63) is 23.3 Å². The first-order valence-electron chi connectivity index (χ1n) is 5.33. The van der Waals surface area contributed by atoms with E-state index in [4.69, 9.17) is 0 Å². The Kier molecular flexibility index (Phi) is 3.68. The molecule has 1 aliphatic rings. The quantitative estimate of drug-likeness (QED) is 0.484. The highest BCUT2D eigenvalue weighted by Gasteiger charge is 2.25. The second-order valence-corrected chi connectivity index (χ2v) is 4.67. The molecule has 3 atom stereocenters. The third kappa shape index (κ3) is 2.57. The summed E-state index contributed by atoms with van der Waals surface area (Å²) in [6.07, 6.45) is 6.57. The first-order chi connectivity index (χ1) is 6.54. The molecule has 0 heterocycles. The second-order valence-electron chi connectivity index (χ2n) is 4.67. The van der Waals surface area contributed by atoms with E-state index >= 15 is 0 Å². The molecule has 0 aromatic carbocycles. The van der Waals surface area contributed by atoms with Gasteiger partial charge in [0.25, 0.3) is 0 Å². The van der Waals surface area contributed by atoms with Crippen LogP contribution in [-0.4, -0.2) is 6.29 Å². The molecule has 0 saturated heterocycles. The van der Waals surface area contributed by atoms with Crippen molar-refractivity contribution >= 4 is 6.29 Å². The Bertz CT molecular complexity index is 269. The molecule has 0 radical (unpaired) electrons. The van der Waals surface area contributed by atoms with Gasteiger partial charge in [-0.2, -0.15) is 0 Å². The minimum absolute atomic E-state index is 0.184.